The van der Waals surface area contributed by atoms with E-state index in [2.05, 4.69) is 5.32 Å². The molecule has 1 heterocycles. The molecule has 0 aromatic heterocycles. The zero-order valence-corrected chi connectivity index (χ0v) is 8.92. The van der Waals surface area contributed by atoms with Gasteiger partial charge >= 0.3 is 0 Å². The minimum absolute atomic E-state index is 0.358. The van der Waals surface area contributed by atoms with Crippen molar-refractivity contribution < 1.29 is 13.5 Å². The van der Waals surface area contributed by atoms with E-state index in [1.54, 1.807) is 0 Å². The maximum atomic E-state index is 12.4. The Labute approximate surface area is 89.4 Å². The van der Waals surface area contributed by atoms with Gasteiger partial charge in [0.1, 0.15) is 0 Å². The van der Waals surface area contributed by atoms with Gasteiger partial charge in [-0.25, -0.2) is 8.78 Å². The number of alkyl halides is 2. The molecule has 0 radical (unpaired) electrons. The van der Waals surface area contributed by atoms with Gasteiger partial charge in [0.25, 0.3) is 0 Å². The Bertz CT molecular complexity index is 187. The third-order valence-corrected chi connectivity index (χ3v) is 3.53. The first kappa shape index (κ1) is 11.3. The number of hydrogen-bond donors (Lipinski definition) is 1. The molecule has 1 aliphatic carbocycles. The monoisotopic (exact) mass is 219 g/mol. The van der Waals surface area contributed by atoms with Crippen LogP contribution in [0.3, 0.4) is 0 Å². The van der Waals surface area contributed by atoms with E-state index >= 15 is 0 Å². The smallest absolute Gasteiger partial charge is 0.241 e. The molecule has 2 rings (SSSR count). The van der Waals surface area contributed by atoms with E-state index < -0.39 is 6.43 Å². The van der Waals surface area contributed by atoms with Gasteiger partial charge in [-0.05, 0) is 32.1 Å². The van der Waals surface area contributed by atoms with E-state index in [0.29, 0.717) is 24.9 Å². The van der Waals surface area contributed by atoms with Gasteiger partial charge in [0.2, 0.25) is 6.43 Å². The Hall–Kier alpha value is -0.220. The molecule has 0 aromatic carbocycles. The summed E-state index contributed by atoms with van der Waals surface area (Å²) in [6.45, 7) is 1.62. The highest BCUT2D eigenvalue weighted by Crippen LogP contribution is 2.29. The maximum absolute atomic E-state index is 12.4. The van der Waals surface area contributed by atoms with Crippen molar-refractivity contribution in [3.05, 3.63) is 0 Å². The lowest BCUT2D eigenvalue weighted by molar-refractivity contribution is 0.0495. The van der Waals surface area contributed by atoms with Crippen LogP contribution in [0.4, 0.5) is 8.78 Å². The summed E-state index contributed by atoms with van der Waals surface area (Å²) >= 11 is 0. The van der Waals surface area contributed by atoms with E-state index in [0.717, 1.165) is 32.5 Å². The van der Waals surface area contributed by atoms with Crippen molar-refractivity contribution in [2.75, 3.05) is 13.2 Å². The highest BCUT2D eigenvalue weighted by molar-refractivity contribution is 4.82. The molecular weight excluding hydrogens is 200 g/mol. The summed E-state index contributed by atoms with van der Waals surface area (Å²) in [6.07, 6.45) is 2.07. The summed E-state index contributed by atoms with van der Waals surface area (Å²) in [4.78, 5) is 0. The lowest BCUT2D eigenvalue weighted by Gasteiger charge is -2.30. The first-order chi connectivity index (χ1) is 7.25. The summed E-state index contributed by atoms with van der Waals surface area (Å²) in [5.74, 6) is -0.358. The van der Waals surface area contributed by atoms with E-state index in [1.807, 2.05) is 0 Å². The molecule has 1 saturated carbocycles. The van der Waals surface area contributed by atoms with Gasteiger partial charge < -0.3 is 10.1 Å². The molecule has 0 spiro atoms. The molecule has 88 valence electrons. The van der Waals surface area contributed by atoms with Crippen molar-refractivity contribution in [3.63, 3.8) is 0 Å². The molecule has 0 bridgehead atoms. The van der Waals surface area contributed by atoms with Crippen LogP contribution in [0.5, 0.6) is 0 Å². The fourth-order valence-electron chi connectivity index (χ4n) is 2.54. The van der Waals surface area contributed by atoms with Crippen molar-refractivity contribution in [2.45, 2.75) is 50.6 Å². The standard InChI is InChI=1S/C11H19F2NO/c12-11(13)8-1-3-9(4-2-8)14-10-5-6-15-7-10/h8-11,14H,1-7H2. The van der Waals surface area contributed by atoms with E-state index in [9.17, 15) is 8.78 Å². The van der Waals surface area contributed by atoms with Gasteiger partial charge in [-0.15, -0.1) is 0 Å². The van der Waals surface area contributed by atoms with E-state index in [1.165, 1.54) is 0 Å². The molecule has 4 heteroatoms. The zero-order chi connectivity index (χ0) is 10.7. The molecule has 2 aliphatic rings. The second-order valence-corrected chi connectivity index (χ2v) is 4.67. The number of ether oxygens (including phenoxy) is 1. The summed E-state index contributed by atoms with van der Waals surface area (Å²) in [5.41, 5.74) is 0. The third kappa shape index (κ3) is 3.11. The minimum Gasteiger partial charge on any atom is -0.380 e. The molecule has 15 heavy (non-hydrogen) atoms. The number of rotatable bonds is 3. The second kappa shape index (κ2) is 5.21. The van der Waals surface area contributed by atoms with Crippen molar-refractivity contribution >= 4 is 0 Å². The van der Waals surface area contributed by atoms with Crippen LogP contribution in [0.2, 0.25) is 0 Å². The largest absolute Gasteiger partial charge is 0.380 e. The Balaban J connectivity index is 1.68. The van der Waals surface area contributed by atoms with Gasteiger partial charge in [0.15, 0.2) is 0 Å². The molecule has 1 atom stereocenters. The van der Waals surface area contributed by atoms with Crippen molar-refractivity contribution in [1.29, 1.82) is 0 Å². The van der Waals surface area contributed by atoms with Crippen molar-refractivity contribution in [3.8, 4) is 0 Å². The average molecular weight is 219 g/mol. The molecule has 2 nitrogen and oxygen atoms in total. The number of nitrogens with one attached hydrogen (secondary N) is 1. The Morgan fingerprint density at radius 2 is 1.73 bits per heavy atom. The van der Waals surface area contributed by atoms with Crippen LogP contribution in [0.15, 0.2) is 0 Å². The number of hydrogen-bond acceptors (Lipinski definition) is 2. The van der Waals surface area contributed by atoms with Gasteiger partial charge in [-0.1, -0.05) is 0 Å². The van der Waals surface area contributed by atoms with Gasteiger partial charge in [-0.3, -0.25) is 0 Å². The van der Waals surface area contributed by atoms with Crippen molar-refractivity contribution in [1.82, 2.24) is 5.32 Å². The third-order valence-electron chi connectivity index (χ3n) is 3.53. The first-order valence-corrected chi connectivity index (χ1v) is 5.87. The molecule has 1 aliphatic heterocycles. The summed E-state index contributed by atoms with van der Waals surface area (Å²) in [6, 6.07) is 0.893. The maximum Gasteiger partial charge on any atom is 0.241 e. The topological polar surface area (TPSA) is 21.3 Å². The highest BCUT2D eigenvalue weighted by atomic mass is 19.3. The second-order valence-electron chi connectivity index (χ2n) is 4.67. The molecule has 1 N–H and O–H groups in total. The van der Waals surface area contributed by atoms with Crippen LogP contribution in [0.25, 0.3) is 0 Å². The quantitative estimate of drug-likeness (QED) is 0.785. The van der Waals surface area contributed by atoms with E-state index in [-0.39, 0.29) is 5.92 Å². The molecule has 1 unspecified atom stereocenters. The molecule has 0 amide bonds. The van der Waals surface area contributed by atoms with Crippen LogP contribution in [-0.4, -0.2) is 31.7 Å². The zero-order valence-electron chi connectivity index (χ0n) is 8.92. The van der Waals surface area contributed by atoms with Gasteiger partial charge in [0.05, 0.1) is 6.61 Å². The lowest BCUT2D eigenvalue weighted by Crippen LogP contribution is -2.41. The summed E-state index contributed by atoms with van der Waals surface area (Å²) < 4.78 is 30.1. The summed E-state index contributed by atoms with van der Waals surface area (Å²) in [7, 11) is 0. The van der Waals surface area contributed by atoms with Crippen LogP contribution in [0, 0.1) is 5.92 Å². The first-order valence-electron chi connectivity index (χ1n) is 5.87. The number of halogens is 2. The van der Waals surface area contributed by atoms with Gasteiger partial charge in [-0.2, -0.15) is 0 Å². The fourth-order valence-corrected chi connectivity index (χ4v) is 2.54. The Kier molecular flexibility index (Phi) is 3.92. The van der Waals surface area contributed by atoms with Gasteiger partial charge in [0, 0.05) is 24.6 Å². The average Bonchev–Trinajstić information content (AvgIpc) is 2.71. The van der Waals surface area contributed by atoms with Crippen LogP contribution in [0.1, 0.15) is 32.1 Å². The van der Waals surface area contributed by atoms with Crippen LogP contribution >= 0.6 is 0 Å². The van der Waals surface area contributed by atoms with Crippen LogP contribution in [-0.2, 0) is 4.74 Å². The predicted molar refractivity (Wildman–Crippen MR) is 54.1 cm³/mol. The summed E-state index contributed by atoms with van der Waals surface area (Å²) in [5, 5.41) is 3.51. The highest BCUT2D eigenvalue weighted by Gasteiger charge is 2.28. The normalized spacial score (nSPS) is 37.4. The van der Waals surface area contributed by atoms with Crippen molar-refractivity contribution in [2.24, 2.45) is 5.92 Å². The van der Waals surface area contributed by atoms with Crippen LogP contribution < -0.4 is 5.32 Å². The lowest BCUT2D eigenvalue weighted by atomic mass is 9.86. The Morgan fingerprint density at radius 1 is 1.00 bits per heavy atom. The molecular formula is C11H19F2NO. The molecule has 2 fully saturated rings. The fraction of sp³-hybridized carbons (Fsp3) is 1.00. The molecule has 0 aromatic rings. The van der Waals surface area contributed by atoms with E-state index in [4.69, 9.17) is 4.74 Å². The Morgan fingerprint density at radius 3 is 2.27 bits per heavy atom. The SMILES string of the molecule is FC(F)C1CCC(NC2CCOC2)CC1. The predicted octanol–water partition coefficient (Wildman–Crippen LogP) is 2.19. The minimum atomic E-state index is -2.12. The molecule has 1 saturated heterocycles.